The Labute approximate surface area is 172 Å². The second-order valence-electron chi connectivity index (χ2n) is 7.72. The number of piperazine rings is 1. The third-order valence-corrected chi connectivity index (χ3v) is 5.71. The van der Waals surface area contributed by atoms with Gasteiger partial charge in [-0.05, 0) is 48.9 Å². The molecule has 150 valence electrons. The fourth-order valence-corrected chi connectivity index (χ4v) is 3.90. The zero-order valence-electron chi connectivity index (χ0n) is 17.1. The number of aromatic nitrogens is 1. The van der Waals surface area contributed by atoms with Crippen LogP contribution in [0.15, 0.2) is 60.8 Å². The van der Waals surface area contributed by atoms with Crippen molar-refractivity contribution in [1.29, 1.82) is 0 Å². The Hall–Kier alpha value is -2.89. The van der Waals surface area contributed by atoms with Crippen LogP contribution in [0.5, 0.6) is 0 Å². The van der Waals surface area contributed by atoms with E-state index in [4.69, 9.17) is 0 Å². The summed E-state index contributed by atoms with van der Waals surface area (Å²) in [4.78, 5) is 20.4. The molecule has 0 bridgehead atoms. The first-order valence-electron chi connectivity index (χ1n) is 10.2. The van der Waals surface area contributed by atoms with Crippen molar-refractivity contribution in [3.05, 3.63) is 66.4 Å². The number of hydrogen-bond donors (Lipinski definition) is 2. The molecule has 4 rings (SSSR count). The number of carbonyl (C=O) groups excluding carboxylic acids is 1. The smallest absolute Gasteiger partial charge is 0.248 e. The van der Waals surface area contributed by atoms with Gasteiger partial charge in [-0.1, -0.05) is 30.3 Å². The molecule has 1 amide bonds. The molecule has 3 aromatic rings. The van der Waals surface area contributed by atoms with E-state index in [-0.39, 0.29) is 5.91 Å². The maximum absolute atomic E-state index is 12.4. The van der Waals surface area contributed by atoms with Crippen molar-refractivity contribution >= 4 is 22.5 Å². The van der Waals surface area contributed by atoms with Crippen molar-refractivity contribution in [2.75, 3.05) is 45.1 Å². The lowest BCUT2D eigenvalue weighted by Gasteiger charge is -2.31. The molecule has 2 N–H and O–H groups in total. The van der Waals surface area contributed by atoms with Crippen LogP contribution >= 0.6 is 0 Å². The van der Waals surface area contributed by atoms with Crippen LogP contribution in [-0.4, -0.2) is 60.5 Å². The maximum Gasteiger partial charge on any atom is 0.248 e. The molecule has 29 heavy (non-hydrogen) atoms. The number of nitrogens with zero attached hydrogens (tertiary/aromatic N) is 2. The number of carbonyl (C=O) groups is 1. The van der Waals surface area contributed by atoms with Gasteiger partial charge < -0.3 is 15.2 Å². The summed E-state index contributed by atoms with van der Waals surface area (Å²) in [6, 6.07) is 14.4. The van der Waals surface area contributed by atoms with Crippen LogP contribution in [0.1, 0.15) is 5.56 Å². The number of fused-ring (bicyclic) bond motifs is 1. The second-order valence-corrected chi connectivity index (χ2v) is 7.72. The summed E-state index contributed by atoms with van der Waals surface area (Å²) in [5.74, 6) is -0.0840. The molecule has 1 fully saturated rings. The van der Waals surface area contributed by atoms with E-state index in [0.717, 1.165) is 55.1 Å². The summed E-state index contributed by atoms with van der Waals surface area (Å²) in [6.45, 7) is 7.14. The highest BCUT2D eigenvalue weighted by Gasteiger charge is 2.13. The van der Waals surface area contributed by atoms with Crippen molar-refractivity contribution < 1.29 is 4.79 Å². The number of rotatable bonds is 5. The van der Waals surface area contributed by atoms with Crippen LogP contribution in [0.4, 0.5) is 5.69 Å². The second kappa shape index (κ2) is 8.64. The Morgan fingerprint density at radius 1 is 1.07 bits per heavy atom. The summed E-state index contributed by atoms with van der Waals surface area (Å²) in [5, 5.41) is 4.23. The van der Waals surface area contributed by atoms with Gasteiger partial charge in [-0.3, -0.25) is 9.69 Å². The normalized spacial score (nSPS) is 15.9. The van der Waals surface area contributed by atoms with E-state index in [1.807, 2.05) is 24.4 Å². The molecule has 0 atom stereocenters. The highest BCUT2D eigenvalue weighted by molar-refractivity contribution is 6.02. The molecule has 1 aliphatic heterocycles. The Morgan fingerprint density at radius 2 is 1.83 bits per heavy atom. The Bertz CT molecular complexity index is 1030. The highest BCUT2D eigenvalue weighted by Crippen LogP contribution is 2.33. The number of hydrogen-bond acceptors (Lipinski definition) is 3. The van der Waals surface area contributed by atoms with E-state index < -0.39 is 0 Å². The molecule has 5 heteroatoms. The highest BCUT2D eigenvalue weighted by atomic mass is 16.1. The van der Waals surface area contributed by atoms with Gasteiger partial charge in [-0.25, -0.2) is 0 Å². The molecular weight excluding hydrogens is 360 g/mol. The minimum atomic E-state index is -0.0840. The summed E-state index contributed by atoms with van der Waals surface area (Å²) in [7, 11) is 2.15. The zero-order chi connectivity index (χ0) is 20.2. The van der Waals surface area contributed by atoms with E-state index in [2.05, 4.69) is 64.4 Å². The fraction of sp³-hybridized carbons (Fsp3) is 0.292. The maximum atomic E-state index is 12.4. The van der Waals surface area contributed by atoms with Gasteiger partial charge in [-0.2, -0.15) is 0 Å². The van der Waals surface area contributed by atoms with Crippen molar-refractivity contribution in [1.82, 2.24) is 14.8 Å². The number of amides is 1. The first-order valence-corrected chi connectivity index (χ1v) is 10.2. The van der Waals surface area contributed by atoms with E-state index in [1.165, 1.54) is 10.9 Å². The van der Waals surface area contributed by atoms with E-state index >= 15 is 0 Å². The Morgan fingerprint density at radius 3 is 2.66 bits per heavy atom. The lowest BCUT2D eigenvalue weighted by Crippen LogP contribution is -2.44. The van der Waals surface area contributed by atoms with Crippen LogP contribution in [0.3, 0.4) is 0 Å². The first-order chi connectivity index (χ1) is 14.1. The van der Waals surface area contributed by atoms with Crippen LogP contribution in [-0.2, 0) is 4.79 Å². The molecule has 2 aromatic carbocycles. The van der Waals surface area contributed by atoms with Gasteiger partial charge in [0.25, 0.3) is 0 Å². The van der Waals surface area contributed by atoms with Gasteiger partial charge in [0.05, 0.1) is 0 Å². The topological polar surface area (TPSA) is 51.4 Å². The summed E-state index contributed by atoms with van der Waals surface area (Å²) < 4.78 is 0. The van der Waals surface area contributed by atoms with E-state index in [0.29, 0.717) is 0 Å². The van der Waals surface area contributed by atoms with Crippen molar-refractivity contribution in [3.8, 4) is 11.1 Å². The van der Waals surface area contributed by atoms with Crippen molar-refractivity contribution in [2.45, 2.75) is 6.92 Å². The quantitative estimate of drug-likeness (QED) is 0.652. The molecule has 0 spiro atoms. The van der Waals surface area contributed by atoms with Gasteiger partial charge in [0, 0.05) is 61.6 Å². The lowest BCUT2D eigenvalue weighted by atomic mass is 9.96. The fourth-order valence-electron chi connectivity index (χ4n) is 3.90. The lowest BCUT2D eigenvalue weighted by molar-refractivity contribution is -0.111. The summed E-state index contributed by atoms with van der Waals surface area (Å²) in [5.41, 5.74) is 5.34. The van der Waals surface area contributed by atoms with Crippen LogP contribution in [0, 0.1) is 6.92 Å². The molecule has 0 aliphatic carbocycles. The molecular formula is C24H28N4O. The number of aromatic amines is 1. The average Bonchev–Trinajstić information content (AvgIpc) is 3.20. The third kappa shape index (κ3) is 4.42. The first kappa shape index (κ1) is 19.4. The molecule has 2 heterocycles. The van der Waals surface area contributed by atoms with Gasteiger partial charge in [-0.15, -0.1) is 0 Å². The number of H-pyrrole nitrogens is 1. The molecule has 1 aliphatic rings. The predicted molar refractivity (Wildman–Crippen MR) is 120 cm³/mol. The minimum Gasteiger partial charge on any atom is -0.361 e. The summed E-state index contributed by atoms with van der Waals surface area (Å²) in [6.07, 6.45) is 5.57. The van der Waals surface area contributed by atoms with Crippen LogP contribution in [0.2, 0.25) is 0 Å². The van der Waals surface area contributed by atoms with Gasteiger partial charge in [0.15, 0.2) is 0 Å². The van der Waals surface area contributed by atoms with Crippen LogP contribution in [0.25, 0.3) is 22.0 Å². The SMILES string of the molecule is Cc1c(NC(=O)/C=C/CN2CCN(C)CC2)cccc1-c1cccc2[nH]ccc12. The zero-order valence-corrected chi connectivity index (χ0v) is 17.1. The molecule has 0 radical (unpaired) electrons. The minimum absolute atomic E-state index is 0.0840. The van der Waals surface area contributed by atoms with Crippen molar-refractivity contribution in [2.24, 2.45) is 0 Å². The third-order valence-electron chi connectivity index (χ3n) is 5.71. The molecule has 0 unspecified atom stereocenters. The number of likely N-dealkylation sites (N-methyl/N-ethyl adjacent to an activating group) is 1. The molecule has 1 aromatic heterocycles. The van der Waals surface area contributed by atoms with E-state index in [1.54, 1.807) is 6.08 Å². The largest absolute Gasteiger partial charge is 0.361 e. The number of benzene rings is 2. The van der Waals surface area contributed by atoms with Gasteiger partial charge in [0.1, 0.15) is 0 Å². The molecule has 1 saturated heterocycles. The number of nitrogens with one attached hydrogen (secondary N) is 2. The standard InChI is InChI=1S/C24H28N4O/c1-18-19(20-7-4-9-23-21(20)11-12-25-23)6-3-8-22(18)26-24(29)10-5-13-28-16-14-27(2)15-17-28/h3-12,25H,13-17H2,1-2H3,(H,26,29)/b10-5+. The molecule has 5 nitrogen and oxygen atoms in total. The molecule has 0 saturated carbocycles. The van der Waals surface area contributed by atoms with Gasteiger partial charge in [0.2, 0.25) is 5.91 Å². The average molecular weight is 389 g/mol. The monoisotopic (exact) mass is 388 g/mol. The summed E-state index contributed by atoms with van der Waals surface area (Å²) >= 11 is 0. The Kier molecular flexibility index (Phi) is 5.79. The number of anilines is 1. The van der Waals surface area contributed by atoms with Crippen molar-refractivity contribution in [3.63, 3.8) is 0 Å². The van der Waals surface area contributed by atoms with Gasteiger partial charge >= 0.3 is 0 Å². The predicted octanol–water partition coefficient (Wildman–Crippen LogP) is 3.89. The Balaban J connectivity index is 1.46. The van der Waals surface area contributed by atoms with E-state index in [9.17, 15) is 4.79 Å². The van der Waals surface area contributed by atoms with Crippen LogP contribution < -0.4 is 5.32 Å².